The molecule has 0 aliphatic heterocycles. The van der Waals surface area contributed by atoms with E-state index in [1.807, 2.05) is 6.07 Å². The minimum absolute atomic E-state index is 0.243. The van der Waals surface area contributed by atoms with Crippen LogP contribution < -0.4 is 5.73 Å². The van der Waals surface area contributed by atoms with Crippen LogP contribution >= 0.6 is 11.3 Å². The highest BCUT2D eigenvalue weighted by atomic mass is 32.1. The first-order chi connectivity index (χ1) is 8.93. The number of thiophene rings is 1. The van der Waals surface area contributed by atoms with Crippen LogP contribution in [0, 0.1) is 11.3 Å². The molecule has 0 saturated heterocycles. The molecule has 1 atom stereocenters. The van der Waals surface area contributed by atoms with Gasteiger partial charge in [0.25, 0.3) is 0 Å². The number of ketones is 1. The summed E-state index contributed by atoms with van der Waals surface area (Å²) in [6, 6.07) is 4.14. The van der Waals surface area contributed by atoms with Gasteiger partial charge in [0.05, 0.1) is 0 Å². The normalized spacial score (nSPS) is 13.5. The molecular formula is C16H27NOS. The lowest BCUT2D eigenvalue weighted by Gasteiger charge is -2.30. The molecule has 0 aliphatic rings. The number of hydrogen-bond acceptors (Lipinski definition) is 3. The Morgan fingerprint density at radius 3 is 2.58 bits per heavy atom. The Balaban J connectivity index is 2.31. The first kappa shape index (κ1) is 16.4. The van der Waals surface area contributed by atoms with E-state index in [0.29, 0.717) is 31.1 Å². The van der Waals surface area contributed by atoms with E-state index in [4.69, 9.17) is 5.73 Å². The van der Waals surface area contributed by atoms with Gasteiger partial charge in [-0.3, -0.25) is 4.79 Å². The summed E-state index contributed by atoms with van der Waals surface area (Å²) in [7, 11) is 0. The molecule has 1 aromatic rings. The van der Waals surface area contributed by atoms with Crippen molar-refractivity contribution in [1.82, 2.24) is 0 Å². The van der Waals surface area contributed by atoms with Crippen LogP contribution in [-0.2, 0) is 11.2 Å². The molecule has 0 aromatic carbocycles. The van der Waals surface area contributed by atoms with Crippen LogP contribution in [0.25, 0.3) is 0 Å². The smallest absolute Gasteiger partial charge is 0.133 e. The summed E-state index contributed by atoms with van der Waals surface area (Å²) in [6.07, 6.45) is 4.27. The standard InChI is InChI=1S/C16H27NOS/c1-16(2,3)13(10-11-17)6-7-14(18)8-9-15-5-4-12-19-15/h4-5,12-13H,6-11,17H2,1-3H3. The minimum atomic E-state index is 0.243. The van der Waals surface area contributed by atoms with Crippen LogP contribution in [0.3, 0.4) is 0 Å². The second kappa shape index (κ2) is 7.81. The van der Waals surface area contributed by atoms with Crippen LogP contribution in [0.2, 0.25) is 0 Å². The summed E-state index contributed by atoms with van der Waals surface area (Å²) in [5.41, 5.74) is 5.92. The lowest BCUT2D eigenvalue weighted by molar-refractivity contribution is -0.119. The fourth-order valence-electron chi connectivity index (χ4n) is 2.39. The average molecular weight is 281 g/mol. The second-order valence-corrected chi connectivity index (χ2v) is 7.33. The Labute approximate surface area is 121 Å². The van der Waals surface area contributed by atoms with Crippen LogP contribution in [-0.4, -0.2) is 12.3 Å². The number of Topliss-reactive ketones (excluding diaryl/α,β-unsaturated/α-hetero) is 1. The molecule has 0 radical (unpaired) electrons. The lowest BCUT2D eigenvalue weighted by Crippen LogP contribution is -2.24. The van der Waals surface area contributed by atoms with Gasteiger partial charge in [-0.15, -0.1) is 11.3 Å². The maximum atomic E-state index is 11.9. The van der Waals surface area contributed by atoms with Gasteiger partial charge >= 0.3 is 0 Å². The van der Waals surface area contributed by atoms with Crippen LogP contribution in [0.1, 0.15) is 51.3 Å². The third-order valence-corrected chi connectivity index (χ3v) is 4.68. The SMILES string of the molecule is CC(C)(C)C(CCN)CCC(=O)CCc1cccs1. The molecule has 0 saturated carbocycles. The highest BCUT2D eigenvalue weighted by molar-refractivity contribution is 7.09. The summed E-state index contributed by atoms with van der Waals surface area (Å²) in [4.78, 5) is 13.3. The Morgan fingerprint density at radius 1 is 1.32 bits per heavy atom. The molecule has 2 nitrogen and oxygen atoms in total. The van der Waals surface area contributed by atoms with Gasteiger partial charge in [0.2, 0.25) is 0 Å². The van der Waals surface area contributed by atoms with E-state index in [9.17, 15) is 4.79 Å². The molecule has 0 bridgehead atoms. The van der Waals surface area contributed by atoms with Crippen molar-refractivity contribution in [2.45, 2.75) is 52.9 Å². The van der Waals surface area contributed by atoms with E-state index in [0.717, 1.165) is 19.3 Å². The molecular weight excluding hydrogens is 254 g/mol. The summed E-state index contributed by atoms with van der Waals surface area (Å²) < 4.78 is 0. The van der Waals surface area contributed by atoms with Crippen molar-refractivity contribution >= 4 is 17.1 Å². The fourth-order valence-corrected chi connectivity index (χ4v) is 3.10. The topological polar surface area (TPSA) is 43.1 Å². The molecule has 0 fully saturated rings. The van der Waals surface area contributed by atoms with Crippen molar-refractivity contribution in [2.75, 3.05) is 6.54 Å². The van der Waals surface area contributed by atoms with Crippen molar-refractivity contribution in [3.05, 3.63) is 22.4 Å². The van der Waals surface area contributed by atoms with Crippen molar-refractivity contribution in [3.8, 4) is 0 Å². The van der Waals surface area contributed by atoms with Crippen LogP contribution in [0.5, 0.6) is 0 Å². The number of hydrogen-bond donors (Lipinski definition) is 1. The van der Waals surface area contributed by atoms with Gasteiger partial charge in [-0.2, -0.15) is 0 Å². The second-order valence-electron chi connectivity index (χ2n) is 6.30. The van der Waals surface area contributed by atoms with Gasteiger partial charge in [0, 0.05) is 17.7 Å². The molecule has 2 N–H and O–H groups in total. The van der Waals surface area contributed by atoms with Gasteiger partial charge in [-0.05, 0) is 48.6 Å². The zero-order chi connectivity index (χ0) is 14.3. The largest absolute Gasteiger partial charge is 0.330 e. The first-order valence-electron chi connectivity index (χ1n) is 7.17. The molecule has 0 aliphatic carbocycles. The number of carbonyl (C=O) groups excluding carboxylic acids is 1. The van der Waals surface area contributed by atoms with E-state index in [1.54, 1.807) is 11.3 Å². The minimum Gasteiger partial charge on any atom is -0.330 e. The predicted molar refractivity (Wildman–Crippen MR) is 83.5 cm³/mol. The summed E-state index contributed by atoms with van der Waals surface area (Å²) in [6.45, 7) is 7.43. The molecule has 0 spiro atoms. The molecule has 1 unspecified atom stereocenters. The number of rotatable bonds is 8. The van der Waals surface area contributed by atoms with E-state index >= 15 is 0 Å². The summed E-state index contributed by atoms with van der Waals surface area (Å²) >= 11 is 1.73. The summed E-state index contributed by atoms with van der Waals surface area (Å²) in [5.74, 6) is 0.933. The molecule has 1 heterocycles. The molecule has 1 aromatic heterocycles. The van der Waals surface area contributed by atoms with Gasteiger partial charge in [-0.1, -0.05) is 26.8 Å². The molecule has 3 heteroatoms. The van der Waals surface area contributed by atoms with Crippen molar-refractivity contribution in [2.24, 2.45) is 17.1 Å². The number of carbonyl (C=O) groups is 1. The zero-order valence-corrected chi connectivity index (χ0v) is 13.3. The van der Waals surface area contributed by atoms with Crippen molar-refractivity contribution in [1.29, 1.82) is 0 Å². The van der Waals surface area contributed by atoms with Gasteiger partial charge in [0.15, 0.2) is 0 Å². The molecule has 108 valence electrons. The third kappa shape index (κ3) is 6.35. The van der Waals surface area contributed by atoms with Crippen LogP contribution in [0.15, 0.2) is 17.5 Å². The Kier molecular flexibility index (Phi) is 6.73. The monoisotopic (exact) mass is 281 g/mol. The average Bonchev–Trinajstić information content (AvgIpc) is 2.83. The quantitative estimate of drug-likeness (QED) is 0.781. The molecule has 19 heavy (non-hydrogen) atoms. The Hall–Kier alpha value is -0.670. The van der Waals surface area contributed by atoms with E-state index in [-0.39, 0.29) is 5.41 Å². The van der Waals surface area contributed by atoms with Gasteiger partial charge in [0.1, 0.15) is 5.78 Å². The number of nitrogens with two attached hydrogens (primary N) is 1. The third-order valence-electron chi connectivity index (χ3n) is 3.74. The highest BCUT2D eigenvalue weighted by Gasteiger charge is 2.24. The van der Waals surface area contributed by atoms with E-state index in [2.05, 4.69) is 32.2 Å². The maximum absolute atomic E-state index is 11.9. The molecule has 1 rings (SSSR count). The van der Waals surface area contributed by atoms with Gasteiger partial charge < -0.3 is 5.73 Å². The van der Waals surface area contributed by atoms with E-state index < -0.39 is 0 Å². The number of aryl methyl sites for hydroxylation is 1. The predicted octanol–water partition coefficient (Wildman–Crippen LogP) is 4.04. The lowest BCUT2D eigenvalue weighted by atomic mass is 9.76. The fraction of sp³-hybridized carbons (Fsp3) is 0.688. The highest BCUT2D eigenvalue weighted by Crippen LogP contribution is 2.32. The van der Waals surface area contributed by atoms with Crippen molar-refractivity contribution in [3.63, 3.8) is 0 Å². The molecule has 0 amide bonds. The zero-order valence-electron chi connectivity index (χ0n) is 12.4. The van der Waals surface area contributed by atoms with Crippen molar-refractivity contribution < 1.29 is 4.79 Å². The first-order valence-corrected chi connectivity index (χ1v) is 8.05. The Morgan fingerprint density at radius 2 is 2.05 bits per heavy atom. The maximum Gasteiger partial charge on any atom is 0.133 e. The summed E-state index contributed by atoms with van der Waals surface area (Å²) in [5, 5.41) is 2.07. The Bertz CT molecular complexity index is 365. The van der Waals surface area contributed by atoms with Gasteiger partial charge in [-0.25, -0.2) is 0 Å². The van der Waals surface area contributed by atoms with E-state index in [1.165, 1.54) is 4.88 Å². The van der Waals surface area contributed by atoms with Crippen LogP contribution in [0.4, 0.5) is 0 Å².